The maximum absolute atomic E-state index is 12.6. The maximum atomic E-state index is 12.6. The largest absolute Gasteiger partial charge is 0.493 e. The minimum absolute atomic E-state index is 0.0971. The molecular weight excluding hydrogens is 400 g/mol. The van der Waals surface area contributed by atoms with E-state index >= 15 is 0 Å². The molecule has 0 atom stereocenters. The molecule has 2 aromatic carbocycles. The van der Waals surface area contributed by atoms with Crippen molar-refractivity contribution in [2.24, 2.45) is 10.8 Å². The maximum Gasteiger partial charge on any atom is 0.169 e. The van der Waals surface area contributed by atoms with Crippen LogP contribution in [0.3, 0.4) is 0 Å². The molecule has 0 unspecified atom stereocenters. The van der Waals surface area contributed by atoms with E-state index < -0.39 is 0 Å². The highest BCUT2D eigenvalue weighted by atomic mass is 16.5. The molecule has 4 nitrogen and oxygen atoms in total. The monoisotopic (exact) mass is 438 g/mol. The quantitative estimate of drug-likeness (QED) is 0.434. The van der Waals surface area contributed by atoms with Gasteiger partial charge in [-0.05, 0) is 60.1 Å². The van der Waals surface area contributed by atoms with Crippen molar-refractivity contribution in [3.05, 3.63) is 53.1 Å². The Kier molecular flexibility index (Phi) is 8.28. The SMILES string of the molecule is COc1ccc(CC(C)=O)cc1Oc1ccc(CC(=O)C(C)(C)C)cc1CCC(C)(C)C. The summed E-state index contributed by atoms with van der Waals surface area (Å²) in [5.41, 5.74) is 2.76. The van der Waals surface area contributed by atoms with Crippen molar-refractivity contribution in [3.63, 3.8) is 0 Å². The fourth-order valence-electron chi connectivity index (χ4n) is 3.31. The summed E-state index contributed by atoms with van der Waals surface area (Å²) in [6.07, 6.45) is 2.59. The zero-order valence-corrected chi connectivity index (χ0v) is 20.9. The second-order valence-corrected chi connectivity index (χ2v) is 10.8. The number of benzene rings is 2. The van der Waals surface area contributed by atoms with Crippen LogP contribution < -0.4 is 9.47 Å². The molecule has 0 heterocycles. The van der Waals surface area contributed by atoms with Crippen LogP contribution >= 0.6 is 0 Å². The van der Waals surface area contributed by atoms with E-state index in [4.69, 9.17) is 9.47 Å². The Morgan fingerprint density at radius 1 is 0.812 bits per heavy atom. The van der Waals surface area contributed by atoms with Gasteiger partial charge in [-0.25, -0.2) is 0 Å². The summed E-state index contributed by atoms with van der Waals surface area (Å²) in [5, 5.41) is 0. The molecule has 0 spiro atoms. The van der Waals surface area contributed by atoms with E-state index in [9.17, 15) is 9.59 Å². The Labute approximate surface area is 193 Å². The van der Waals surface area contributed by atoms with E-state index in [1.54, 1.807) is 14.0 Å². The number of carbonyl (C=O) groups excluding carboxylic acids is 2. The van der Waals surface area contributed by atoms with Crippen LogP contribution in [0.1, 0.15) is 71.6 Å². The summed E-state index contributed by atoms with van der Waals surface area (Å²) in [6, 6.07) is 11.6. The molecule has 0 aromatic heterocycles. The zero-order chi connectivity index (χ0) is 24.1. The van der Waals surface area contributed by atoms with Crippen molar-refractivity contribution in [3.8, 4) is 17.2 Å². The molecular formula is C28H38O4. The first-order valence-electron chi connectivity index (χ1n) is 11.3. The van der Waals surface area contributed by atoms with E-state index in [1.165, 1.54) is 0 Å². The number of methoxy groups -OCH3 is 1. The molecule has 0 aliphatic rings. The van der Waals surface area contributed by atoms with E-state index in [0.717, 1.165) is 35.3 Å². The number of hydrogen-bond acceptors (Lipinski definition) is 4. The molecule has 0 aliphatic heterocycles. The molecule has 4 heteroatoms. The second kappa shape index (κ2) is 10.3. The normalized spacial score (nSPS) is 11.9. The Bertz CT molecular complexity index is 958. The number of ketones is 2. The molecule has 32 heavy (non-hydrogen) atoms. The third-order valence-corrected chi connectivity index (χ3v) is 5.37. The molecule has 0 saturated heterocycles. The van der Waals surface area contributed by atoms with Crippen molar-refractivity contribution in [2.45, 2.75) is 74.1 Å². The summed E-state index contributed by atoms with van der Waals surface area (Å²) in [5.74, 6) is 2.26. The molecule has 0 saturated carbocycles. The molecule has 0 fully saturated rings. The lowest BCUT2D eigenvalue weighted by atomic mass is 9.85. The van der Waals surface area contributed by atoms with Gasteiger partial charge in [0.25, 0.3) is 0 Å². The van der Waals surface area contributed by atoms with Crippen LogP contribution in [-0.4, -0.2) is 18.7 Å². The van der Waals surface area contributed by atoms with Crippen LogP contribution in [0.15, 0.2) is 36.4 Å². The van der Waals surface area contributed by atoms with Gasteiger partial charge in [0.15, 0.2) is 11.5 Å². The van der Waals surface area contributed by atoms with Crippen LogP contribution in [0, 0.1) is 10.8 Å². The van der Waals surface area contributed by atoms with Gasteiger partial charge in [0.1, 0.15) is 17.3 Å². The van der Waals surface area contributed by atoms with Gasteiger partial charge in [0, 0.05) is 18.3 Å². The minimum Gasteiger partial charge on any atom is -0.493 e. The van der Waals surface area contributed by atoms with Crippen LogP contribution in [0.4, 0.5) is 0 Å². The number of rotatable bonds is 9. The fraction of sp³-hybridized carbons (Fsp3) is 0.500. The van der Waals surface area contributed by atoms with Crippen molar-refractivity contribution in [1.29, 1.82) is 0 Å². The first-order valence-corrected chi connectivity index (χ1v) is 11.3. The fourth-order valence-corrected chi connectivity index (χ4v) is 3.31. The van der Waals surface area contributed by atoms with Gasteiger partial charge in [-0.15, -0.1) is 0 Å². The predicted octanol–water partition coefficient (Wildman–Crippen LogP) is 6.76. The average molecular weight is 439 g/mol. The van der Waals surface area contributed by atoms with Gasteiger partial charge >= 0.3 is 0 Å². The summed E-state index contributed by atoms with van der Waals surface area (Å²) >= 11 is 0. The topological polar surface area (TPSA) is 52.6 Å². The Balaban J connectivity index is 2.41. The van der Waals surface area contributed by atoms with Gasteiger partial charge in [-0.2, -0.15) is 0 Å². The van der Waals surface area contributed by atoms with Gasteiger partial charge in [0.2, 0.25) is 0 Å². The van der Waals surface area contributed by atoms with E-state index in [2.05, 4.69) is 26.8 Å². The third kappa shape index (κ3) is 7.81. The van der Waals surface area contributed by atoms with Crippen LogP contribution in [-0.2, 0) is 28.9 Å². The smallest absolute Gasteiger partial charge is 0.169 e. The molecule has 2 rings (SSSR count). The molecule has 0 aliphatic carbocycles. The second-order valence-electron chi connectivity index (χ2n) is 10.8. The minimum atomic E-state index is -0.370. The summed E-state index contributed by atoms with van der Waals surface area (Å²) < 4.78 is 11.8. The average Bonchev–Trinajstić information content (AvgIpc) is 2.66. The lowest BCUT2D eigenvalue weighted by Crippen LogP contribution is -2.22. The number of Topliss-reactive ketones (excluding diaryl/α,β-unsaturated/α-hetero) is 2. The zero-order valence-electron chi connectivity index (χ0n) is 20.9. The Morgan fingerprint density at radius 2 is 1.41 bits per heavy atom. The number of aryl methyl sites for hydroxylation is 1. The summed E-state index contributed by atoms with van der Waals surface area (Å²) in [4.78, 5) is 24.1. The third-order valence-electron chi connectivity index (χ3n) is 5.37. The number of ether oxygens (including phenoxy) is 2. The molecule has 0 bridgehead atoms. The predicted molar refractivity (Wildman–Crippen MR) is 130 cm³/mol. The highest BCUT2D eigenvalue weighted by Crippen LogP contribution is 2.36. The van der Waals surface area contributed by atoms with E-state index in [0.29, 0.717) is 24.3 Å². The number of hydrogen-bond donors (Lipinski definition) is 0. The lowest BCUT2D eigenvalue weighted by Gasteiger charge is -2.21. The van der Waals surface area contributed by atoms with Crippen LogP contribution in [0.25, 0.3) is 0 Å². The molecule has 0 radical (unpaired) electrons. The first-order chi connectivity index (χ1) is 14.8. The van der Waals surface area contributed by atoms with Gasteiger partial charge in [-0.3, -0.25) is 9.59 Å². The molecule has 0 amide bonds. The number of carbonyl (C=O) groups is 2. The Morgan fingerprint density at radius 3 is 1.94 bits per heavy atom. The lowest BCUT2D eigenvalue weighted by molar-refractivity contribution is -0.125. The molecule has 174 valence electrons. The van der Waals surface area contributed by atoms with Crippen molar-refractivity contribution in [2.75, 3.05) is 7.11 Å². The van der Waals surface area contributed by atoms with Gasteiger partial charge < -0.3 is 9.47 Å². The highest BCUT2D eigenvalue weighted by Gasteiger charge is 2.22. The van der Waals surface area contributed by atoms with Gasteiger partial charge in [-0.1, -0.05) is 59.7 Å². The standard InChI is InChI=1S/C28H38O4/c1-19(29)15-20-10-12-24(31-8)25(17-20)32-23-11-9-21(18-26(30)28(5,6)7)16-22(23)13-14-27(2,3)4/h9-12,16-17H,13-15,18H2,1-8H3. The van der Waals surface area contributed by atoms with Crippen molar-refractivity contribution in [1.82, 2.24) is 0 Å². The van der Waals surface area contributed by atoms with Crippen molar-refractivity contribution >= 4 is 11.6 Å². The Hall–Kier alpha value is -2.62. The van der Waals surface area contributed by atoms with E-state index in [-0.39, 0.29) is 22.4 Å². The molecule has 0 N–H and O–H groups in total. The van der Waals surface area contributed by atoms with Crippen molar-refractivity contribution < 1.29 is 19.1 Å². The highest BCUT2D eigenvalue weighted by molar-refractivity contribution is 5.85. The summed E-state index contributed by atoms with van der Waals surface area (Å²) in [7, 11) is 1.61. The van der Waals surface area contributed by atoms with Crippen LogP contribution in [0.2, 0.25) is 0 Å². The first kappa shape index (κ1) is 25.6. The van der Waals surface area contributed by atoms with Crippen LogP contribution in [0.5, 0.6) is 17.2 Å². The van der Waals surface area contributed by atoms with E-state index in [1.807, 2.05) is 51.1 Å². The summed E-state index contributed by atoms with van der Waals surface area (Å²) in [6.45, 7) is 14.1. The molecule has 2 aromatic rings. The van der Waals surface area contributed by atoms with Gasteiger partial charge in [0.05, 0.1) is 7.11 Å².